The van der Waals surface area contributed by atoms with E-state index < -0.39 is 15.8 Å². The summed E-state index contributed by atoms with van der Waals surface area (Å²) in [6, 6.07) is 6.63. The quantitative estimate of drug-likeness (QED) is 0.608. The second-order valence-electron chi connectivity index (χ2n) is 3.55. The molecule has 5 nitrogen and oxygen atoms in total. The normalized spacial score (nSPS) is 12.1. The van der Waals surface area contributed by atoms with Gasteiger partial charge in [-0.1, -0.05) is 12.1 Å². The standard InChI is InChI=1S/C12H14O5S/c1-16-10-6-4-9(5-7-10)8-11(12(13)17-2)18(3,14)15/h4-8H,1-3H3/b11-8-. The lowest BCUT2D eigenvalue weighted by atomic mass is 10.2. The van der Waals surface area contributed by atoms with Crippen LogP contribution in [0.25, 0.3) is 6.08 Å². The van der Waals surface area contributed by atoms with Crippen LogP contribution in [-0.2, 0) is 19.4 Å². The fourth-order valence-electron chi connectivity index (χ4n) is 1.27. The monoisotopic (exact) mass is 270 g/mol. The van der Waals surface area contributed by atoms with Crippen LogP contribution in [0.15, 0.2) is 29.2 Å². The van der Waals surface area contributed by atoms with E-state index in [0.717, 1.165) is 13.4 Å². The van der Waals surface area contributed by atoms with E-state index in [1.54, 1.807) is 24.3 Å². The van der Waals surface area contributed by atoms with Gasteiger partial charge in [-0.15, -0.1) is 0 Å². The molecular formula is C12H14O5S. The number of rotatable bonds is 4. The number of ether oxygens (including phenoxy) is 2. The number of carbonyl (C=O) groups is 1. The van der Waals surface area contributed by atoms with E-state index in [0.29, 0.717) is 11.3 Å². The average Bonchev–Trinajstić information content (AvgIpc) is 2.34. The first kappa shape index (κ1) is 14.2. The topological polar surface area (TPSA) is 69.7 Å². The third-order valence-corrected chi connectivity index (χ3v) is 3.28. The summed E-state index contributed by atoms with van der Waals surface area (Å²) in [6.45, 7) is 0. The van der Waals surface area contributed by atoms with Gasteiger partial charge < -0.3 is 9.47 Å². The minimum absolute atomic E-state index is 0.379. The Kier molecular flexibility index (Phi) is 4.49. The Morgan fingerprint density at radius 2 is 1.72 bits per heavy atom. The first-order chi connectivity index (χ1) is 8.38. The third-order valence-electron chi connectivity index (χ3n) is 2.20. The van der Waals surface area contributed by atoms with Crippen LogP contribution in [-0.4, -0.2) is 34.9 Å². The predicted octanol–water partition coefficient (Wildman–Crippen LogP) is 1.25. The molecule has 0 radical (unpaired) electrons. The summed E-state index contributed by atoms with van der Waals surface area (Å²) < 4.78 is 32.4. The zero-order valence-corrected chi connectivity index (χ0v) is 11.2. The maximum atomic E-state index is 11.5. The molecule has 0 unspecified atom stereocenters. The van der Waals surface area contributed by atoms with Gasteiger partial charge in [0, 0.05) is 6.26 Å². The van der Waals surface area contributed by atoms with E-state index in [4.69, 9.17) is 4.74 Å². The van der Waals surface area contributed by atoms with Crippen LogP contribution < -0.4 is 4.74 Å². The van der Waals surface area contributed by atoms with Gasteiger partial charge in [0.2, 0.25) is 0 Å². The highest BCUT2D eigenvalue weighted by atomic mass is 32.2. The number of benzene rings is 1. The lowest BCUT2D eigenvalue weighted by Crippen LogP contribution is -2.13. The zero-order chi connectivity index (χ0) is 13.8. The fraction of sp³-hybridized carbons (Fsp3) is 0.250. The molecule has 0 saturated carbocycles. The maximum Gasteiger partial charge on any atom is 0.349 e. The smallest absolute Gasteiger partial charge is 0.349 e. The van der Waals surface area contributed by atoms with Gasteiger partial charge in [0.1, 0.15) is 5.75 Å². The van der Waals surface area contributed by atoms with Crippen LogP contribution in [0.4, 0.5) is 0 Å². The van der Waals surface area contributed by atoms with Crippen molar-refractivity contribution in [3.05, 3.63) is 34.7 Å². The van der Waals surface area contributed by atoms with Gasteiger partial charge in [-0.05, 0) is 23.8 Å². The van der Waals surface area contributed by atoms with E-state index in [1.807, 2.05) is 0 Å². The Balaban J connectivity index is 3.20. The molecule has 98 valence electrons. The highest BCUT2D eigenvalue weighted by Crippen LogP contribution is 2.16. The van der Waals surface area contributed by atoms with Crippen molar-refractivity contribution in [3.8, 4) is 5.75 Å². The van der Waals surface area contributed by atoms with Crippen molar-refractivity contribution < 1.29 is 22.7 Å². The molecule has 0 amide bonds. The Bertz CT molecular complexity index is 555. The van der Waals surface area contributed by atoms with Crippen LogP contribution in [0.5, 0.6) is 5.75 Å². The van der Waals surface area contributed by atoms with Gasteiger partial charge in [0.25, 0.3) is 0 Å². The molecule has 0 aliphatic rings. The van der Waals surface area contributed by atoms with Crippen LogP contribution in [0.3, 0.4) is 0 Å². The Labute approximate surface area is 106 Å². The molecule has 0 aliphatic heterocycles. The number of hydrogen-bond donors (Lipinski definition) is 0. The van der Waals surface area contributed by atoms with Crippen molar-refractivity contribution in [1.82, 2.24) is 0 Å². The minimum Gasteiger partial charge on any atom is -0.497 e. The highest BCUT2D eigenvalue weighted by Gasteiger charge is 2.20. The second kappa shape index (κ2) is 5.68. The van der Waals surface area contributed by atoms with Crippen LogP contribution in [0.2, 0.25) is 0 Å². The van der Waals surface area contributed by atoms with Gasteiger partial charge in [-0.3, -0.25) is 0 Å². The fourth-order valence-corrected chi connectivity index (χ4v) is 2.01. The van der Waals surface area contributed by atoms with E-state index in [2.05, 4.69) is 4.74 Å². The average molecular weight is 270 g/mol. The number of carbonyl (C=O) groups excluding carboxylic acids is 1. The van der Waals surface area contributed by atoms with Gasteiger partial charge in [0.05, 0.1) is 14.2 Å². The summed E-state index contributed by atoms with van der Waals surface area (Å²) in [7, 11) is -0.972. The molecule has 18 heavy (non-hydrogen) atoms. The summed E-state index contributed by atoms with van der Waals surface area (Å²) in [4.78, 5) is 11.0. The molecule has 0 spiro atoms. The van der Waals surface area contributed by atoms with E-state index in [1.165, 1.54) is 13.2 Å². The Hall–Kier alpha value is -1.82. The molecule has 0 aromatic heterocycles. The molecule has 1 aromatic carbocycles. The summed E-state index contributed by atoms with van der Waals surface area (Å²) in [5, 5.41) is 0. The van der Waals surface area contributed by atoms with Crippen molar-refractivity contribution in [2.24, 2.45) is 0 Å². The van der Waals surface area contributed by atoms with Crippen molar-refractivity contribution in [1.29, 1.82) is 0 Å². The van der Waals surface area contributed by atoms with Gasteiger partial charge in [0.15, 0.2) is 14.7 Å². The summed E-state index contributed by atoms with van der Waals surface area (Å²) in [5.74, 6) is -0.237. The molecule has 0 fully saturated rings. The molecule has 0 atom stereocenters. The summed E-state index contributed by atoms with van der Waals surface area (Å²) in [6.07, 6.45) is 2.22. The van der Waals surface area contributed by atoms with Crippen molar-refractivity contribution in [3.63, 3.8) is 0 Å². The molecular weight excluding hydrogens is 256 g/mol. The van der Waals surface area contributed by atoms with Crippen molar-refractivity contribution in [2.75, 3.05) is 20.5 Å². The van der Waals surface area contributed by atoms with E-state index in [-0.39, 0.29) is 4.91 Å². The molecule has 0 aliphatic carbocycles. The van der Waals surface area contributed by atoms with E-state index in [9.17, 15) is 13.2 Å². The van der Waals surface area contributed by atoms with Crippen LogP contribution in [0.1, 0.15) is 5.56 Å². The van der Waals surface area contributed by atoms with Crippen LogP contribution in [0, 0.1) is 0 Å². The number of esters is 1. The second-order valence-corrected chi connectivity index (χ2v) is 5.53. The minimum atomic E-state index is -3.63. The number of hydrogen-bond acceptors (Lipinski definition) is 5. The zero-order valence-electron chi connectivity index (χ0n) is 10.3. The molecule has 0 heterocycles. The lowest BCUT2D eigenvalue weighted by Gasteiger charge is -2.04. The first-order valence-electron chi connectivity index (χ1n) is 5.02. The molecule has 0 N–H and O–H groups in total. The molecule has 1 rings (SSSR count). The first-order valence-corrected chi connectivity index (χ1v) is 6.91. The molecule has 0 saturated heterocycles. The third kappa shape index (κ3) is 3.59. The highest BCUT2D eigenvalue weighted by molar-refractivity contribution is 7.95. The Morgan fingerprint density at radius 3 is 2.11 bits per heavy atom. The summed E-state index contributed by atoms with van der Waals surface area (Å²) in [5.41, 5.74) is 0.571. The van der Waals surface area contributed by atoms with Gasteiger partial charge in [-0.2, -0.15) is 0 Å². The predicted molar refractivity (Wildman–Crippen MR) is 67.8 cm³/mol. The van der Waals surface area contributed by atoms with Gasteiger partial charge >= 0.3 is 5.97 Å². The SMILES string of the molecule is COC(=O)/C(=C/c1ccc(OC)cc1)S(C)(=O)=O. The largest absolute Gasteiger partial charge is 0.497 e. The molecule has 0 bridgehead atoms. The van der Waals surface area contributed by atoms with Crippen molar-refractivity contribution in [2.45, 2.75) is 0 Å². The Morgan fingerprint density at radius 1 is 1.17 bits per heavy atom. The maximum absolute atomic E-state index is 11.5. The van der Waals surface area contributed by atoms with Crippen molar-refractivity contribution >= 4 is 21.9 Å². The van der Waals surface area contributed by atoms with Crippen LogP contribution >= 0.6 is 0 Å². The number of sulfone groups is 1. The lowest BCUT2D eigenvalue weighted by molar-refractivity contribution is -0.135. The van der Waals surface area contributed by atoms with Gasteiger partial charge in [-0.25, -0.2) is 13.2 Å². The summed E-state index contributed by atoms with van der Waals surface area (Å²) >= 11 is 0. The molecule has 1 aromatic rings. The molecule has 6 heteroatoms. The number of methoxy groups -OCH3 is 2. The van der Waals surface area contributed by atoms with E-state index >= 15 is 0 Å².